The topological polar surface area (TPSA) is 44.5 Å². The number of unbranched alkanes of at least 4 members (excludes halogenated alkanes) is 1. The van der Waals surface area contributed by atoms with E-state index in [0.29, 0.717) is 24.7 Å². The average molecular weight is 347 g/mol. The molecule has 0 unspecified atom stereocenters. The first-order valence-electron chi connectivity index (χ1n) is 9.04. The molecule has 26 heavy (non-hydrogen) atoms. The van der Waals surface area contributed by atoms with Gasteiger partial charge in [0, 0.05) is 11.8 Å². The molecule has 0 heterocycles. The van der Waals surface area contributed by atoms with E-state index in [-0.39, 0.29) is 0 Å². The number of aryl methyl sites for hydroxylation is 1. The maximum Gasteiger partial charge on any atom is 0.163 e. The molecule has 0 aromatic heterocycles. The summed E-state index contributed by atoms with van der Waals surface area (Å²) in [5, 5.41) is 0. The zero-order valence-electron chi connectivity index (χ0n) is 14.9. The summed E-state index contributed by atoms with van der Waals surface area (Å²) in [6.45, 7) is 1.16. The summed E-state index contributed by atoms with van der Waals surface area (Å²) in [4.78, 5) is 0. The minimum Gasteiger partial charge on any atom is -0.490 e. The Balaban J connectivity index is 1.49. The number of rotatable bonds is 9. The Bertz CT molecular complexity index is 788. The highest BCUT2D eigenvalue weighted by atomic mass is 16.5. The van der Waals surface area contributed by atoms with Crippen molar-refractivity contribution >= 4 is 5.69 Å². The Morgan fingerprint density at radius 1 is 0.654 bits per heavy atom. The summed E-state index contributed by atoms with van der Waals surface area (Å²) in [5.41, 5.74) is 9.05. The van der Waals surface area contributed by atoms with E-state index in [0.717, 1.165) is 30.6 Å². The van der Waals surface area contributed by atoms with Crippen LogP contribution in [0.4, 0.5) is 5.69 Å². The molecule has 3 aromatic rings. The quantitative estimate of drug-likeness (QED) is 0.425. The van der Waals surface area contributed by atoms with Crippen LogP contribution in [0.5, 0.6) is 11.5 Å². The van der Waals surface area contributed by atoms with Crippen LogP contribution >= 0.6 is 0 Å². The van der Waals surface area contributed by atoms with E-state index in [9.17, 15) is 0 Å². The Morgan fingerprint density at radius 2 is 1.35 bits per heavy atom. The van der Waals surface area contributed by atoms with Crippen molar-refractivity contribution in [2.24, 2.45) is 0 Å². The van der Waals surface area contributed by atoms with Gasteiger partial charge in [0.1, 0.15) is 6.61 Å². The van der Waals surface area contributed by atoms with Gasteiger partial charge in [0.15, 0.2) is 11.5 Å². The van der Waals surface area contributed by atoms with Crippen LogP contribution in [0, 0.1) is 0 Å². The second kappa shape index (κ2) is 9.52. The molecule has 0 saturated heterocycles. The third-order valence-electron chi connectivity index (χ3n) is 4.17. The minimum atomic E-state index is 0.495. The lowest BCUT2D eigenvalue weighted by atomic mass is 10.1. The predicted octanol–water partition coefficient (Wildman–Crippen LogP) is 5.25. The maximum atomic E-state index is 5.94. The van der Waals surface area contributed by atoms with E-state index < -0.39 is 0 Å². The highest BCUT2D eigenvalue weighted by molar-refractivity contribution is 5.52. The van der Waals surface area contributed by atoms with Crippen LogP contribution in [0.2, 0.25) is 0 Å². The fourth-order valence-corrected chi connectivity index (χ4v) is 2.75. The van der Waals surface area contributed by atoms with Gasteiger partial charge in [-0.05, 0) is 42.5 Å². The van der Waals surface area contributed by atoms with Crippen molar-refractivity contribution in [3.63, 3.8) is 0 Å². The average Bonchev–Trinajstić information content (AvgIpc) is 2.69. The zero-order valence-corrected chi connectivity index (χ0v) is 14.9. The number of hydrogen-bond acceptors (Lipinski definition) is 3. The smallest absolute Gasteiger partial charge is 0.163 e. The Kier molecular flexibility index (Phi) is 6.54. The largest absolute Gasteiger partial charge is 0.490 e. The standard InChI is InChI=1S/C23H25NO2/c24-21-14-15-22(23(17-21)26-18-20-12-5-2-6-13-20)25-16-8-7-11-19-9-3-1-4-10-19/h1-6,9-10,12-15,17H,7-8,11,16,18,24H2. The molecule has 0 amide bonds. The fourth-order valence-electron chi connectivity index (χ4n) is 2.75. The molecule has 3 nitrogen and oxygen atoms in total. The molecule has 0 radical (unpaired) electrons. The van der Waals surface area contributed by atoms with Gasteiger partial charge in [-0.2, -0.15) is 0 Å². The van der Waals surface area contributed by atoms with Crippen LogP contribution in [0.1, 0.15) is 24.0 Å². The predicted molar refractivity (Wildman–Crippen MR) is 107 cm³/mol. The summed E-state index contributed by atoms with van der Waals surface area (Å²) < 4.78 is 11.9. The molecule has 0 fully saturated rings. The lowest BCUT2D eigenvalue weighted by Gasteiger charge is -2.13. The molecule has 0 atom stereocenters. The summed E-state index contributed by atoms with van der Waals surface area (Å²) in [6, 6.07) is 26.2. The molecule has 3 heteroatoms. The Labute approximate surface area is 155 Å². The SMILES string of the molecule is Nc1ccc(OCCCCc2ccccc2)c(OCc2ccccc2)c1. The molecule has 0 aliphatic heterocycles. The summed E-state index contributed by atoms with van der Waals surface area (Å²) in [7, 11) is 0. The highest BCUT2D eigenvalue weighted by Crippen LogP contribution is 2.30. The van der Waals surface area contributed by atoms with Crippen molar-refractivity contribution in [3.05, 3.63) is 90.0 Å². The number of hydrogen-bond donors (Lipinski definition) is 1. The third-order valence-corrected chi connectivity index (χ3v) is 4.17. The van der Waals surface area contributed by atoms with Crippen LogP contribution in [-0.2, 0) is 13.0 Å². The summed E-state index contributed by atoms with van der Waals surface area (Å²) in [6.07, 6.45) is 3.17. The van der Waals surface area contributed by atoms with Crippen LogP contribution in [0.15, 0.2) is 78.9 Å². The van der Waals surface area contributed by atoms with E-state index >= 15 is 0 Å². The van der Waals surface area contributed by atoms with Gasteiger partial charge >= 0.3 is 0 Å². The first kappa shape index (κ1) is 17.9. The highest BCUT2D eigenvalue weighted by Gasteiger charge is 2.06. The first-order chi connectivity index (χ1) is 12.8. The Hall–Kier alpha value is -2.94. The summed E-state index contributed by atoms with van der Waals surface area (Å²) >= 11 is 0. The number of ether oxygens (including phenoxy) is 2. The van der Waals surface area contributed by atoms with Gasteiger partial charge < -0.3 is 15.2 Å². The van der Waals surface area contributed by atoms with Crippen molar-refractivity contribution in [2.45, 2.75) is 25.9 Å². The second-order valence-corrected chi connectivity index (χ2v) is 6.27. The van der Waals surface area contributed by atoms with Gasteiger partial charge in [-0.15, -0.1) is 0 Å². The van der Waals surface area contributed by atoms with E-state index in [1.54, 1.807) is 0 Å². The van der Waals surface area contributed by atoms with E-state index in [1.165, 1.54) is 5.56 Å². The summed E-state index contributed by atoms with van der Waals surface area (Å²) in [5.74, 6) is 1.44. The Morgan fingerprint density at radius 3 is 2.08 bits per heavy atom. The molecule has 3 aromatic carbocycles. The molecule has 0 spiro atoms. The zero-order chi connectivity index (χ0) is 18.0. The van der Waals surface area contributed by atoms with Crippen LogP contribution < -0.4 is 15.2 Å². The number of benzene rings is 3. The van der Waals surface area contributed by atoms with E-state index in [1.807, 2.05) is 54.6 Å². The van der Waals surface area contributed by atoms with Crippen LogP contribution in [0.3, 0.4) is 0 Å². The van der Waals surface area contributed by atoms with Crippen molar-refractivity contribution in [3.8, 4) is 11.5 Å². The molecular formula is C23H25NO2. The van der Waals surface area contributed by atoms with Crippen molar-refractivity contribution < 1.29 is 9.47 Å². The fraction of sp³-hybridized carbons (Fsp3) is 0.217. The normalized spacial score (nSPS) is 10.5. The molecule has 3 rings (SSSR count). The van der Waals surface area contributed by atoms with E-state index in [4.69, 9.17) is 15.2 Å². The van der Waals surface area contributed by atoms with Crippen molar-refractivity contribution in [1.82, 2.24) is 0 Å². The number of anilines is 1. The lowest BCUT2D eigenvalue weighted by Crippen LogP contribution is -2.03. The molecule has 0 aliphatic carbocycles. The van der Waals surface area contributed by atoms with Gasteiger partial charge in [-0.25, -0.2) is 0 Å². The van der Waals surface area contributed by atoms with Crippen LogP contribution in [0.25, 0.3) is 0 Å². The van der Waals surface area contributed by atoms with Crippen LogP contribution in [-0.4, -0.2) is 6.61 Å². The number of nitrogen functional groups attached to an aromatic ring is 1. The van der Waals surface area contributed by atoms with Gasteiger partial charge in [-0.1, -0.05) is 60.7 Å². The molecule has 134 valence electrons. The van der Waals surface area contributed by atoms with Gasteiger partial charge in [-0.3, -0.25) is 0 Å². The molecule has 0 aliphatic rings. The monoisotopic (exact) mass is 347 g/mol. The van der Waals surface area contributed by atoms with Gasteiger partial charge in [0.2, 0.25) is 0 Å². The molecule has 0 bridgehead atoms. The molecule has 0 saturated carbocycles. The lowest BCUT2D eigenvalue weighted by molar-refractivity contribution is 0.258. The first-order valence-corrected chi connectivity index (χ1v) is 9.04. The minimum absolute atomic E-state index is 0.495. The molecule has 2 N–H and O–H groups in total. The van der Waals surface area contributed by atoms with Gasteiger partial charge in [0.25, 0.3) is 0 Å². The van der Waals surface area contributed by atoms with Crippen molar-refractivity contribution in [2.75, 3.05) is 12.3 Å². The van der Waals surface area contributed by atoms with Gasteiger partial charge in [0.05, 0.1) is 6.61 Å². The third kappa shape index (κ3) is 5.55. The van der Waals surface area contributed by atoms with E-state index in [2.05, 4.69) is 24.3 Å². The van der Waals surface area contributed by atoms with Crippen molar-refractivity contribution in [1.29, 1.82) is 0 Å². The molecular weight excluding hydrogens is 322 g/mol. The maximum absolute atomic E-state index is 5.94. The number of nitrogens with two attached hydrogens (primary N) is 1. The second-order valence-electron chi connectivity index (χ2n) is 6.27.